The number of hydrogen-bond donors (Lipinski definition) is 0. The van der Waals surface area contributed by atoms with Crippen LogP contribution in [0.5, 0.6) is 5.75 Å². The van der Waals surface area contributed by atoms with E-state index in [9.17, 15) is 14.4 Å². The molecule has 0 radical (unpaired) electrons. The second-order valence-electron chi connectivity index (χ2n) is 5.54. The van der Waals surface area contributed by atoms with Crippen LogP contribution in [-0.4, -0.2) is 26.7 Å². The molecule has 0 saturated heterocycles. The molecule has 0 unspecified atom stereocenters. The van der Waals surface area contributed by atoms with Gasteiger partial charge in [0.25, 0.3) is 5.56 Å². The molecule has 7 heteroatoms. The van der Waals surface area contributed by atoms with Gasteiger partial charge in [0.2, 0.25) is 0 Å². The van der Waals surface area contributed by atoms with E-state index < -0.39 is 5.97 Å². The van der Waals surface area contributed by atoms with Crippen LogP contribution in [-0.2, 0) is 11.3 Å². The van der Waals surface area contributed by atoms with E-state index in [0.717, 1.165) is 0 Å². The summed E-state index contributed by atoms with van der Waals surface area (Å²) in [5, 5.41) is 8.30. The summed E-state index contributed by atoms with van der Waals surface area (Å²) in [6, 6.07) is 11.6. The van der Waals surface area contributed by atoms with E-state index in [1.165, 1.54) is 36.7 Å². The predicted molar refractivity (Wildman–Crippen MR) is 90.7 cm³/mol. The molecular formula is C18H15N3O4. The third-order valence-corrected chi connectivity index (χ3v) is 3.67. The summed E-state index contributed by atoms with van der Waals surface area (Å²) in [6.07, 6.45) is 0. The van der Waals surface area contributed by atoms with E-state index in [-0.39, 0.29) is 17.9 Å². The Hall–Kier alpha value is -3.35. The summed E-state index contributed by atoms with van der Waals surface area (Å²) in [6.45, 7) is 2.91. The topological polar surface area (TPSA) is 91.2 Å². The number of aromatic nitrogens is 3. The average Bonchev–Trinajstić information content (AvgIpc) is 2.57. The first-order valence-electron chi connectivity index (χ1n) is 7.60. The van der Waals surface area contributed by atoms with Gasteiger partial charge >= 0.3 is 5.97 Å². The summed E-state index contributed by atoms with van der Waals surface area (Å²) < 4.78 is 6.18. The fourth-order valence-electron chi connectivity index (χ4n) is 2.55. The Balaban J connectivity index is 2.02. The fourth-order valence-corrected chi connectivity index (χ4v) is 2.55. The van der Waals surface area contributed by atoms with Crippen molar-refractivity contribution >= 4 is 22.7 Å². The van der Waals surface area contributed by atoms with Crippen LogP contribution in [0.2, 0.25) is 0 Å². The smallest absolute Gasteiger partial charge is 0.308 e. The van der Waals surface area contributed by atoms with Gasteiger partial charge < -0.3 is 4.74 Å². The second kappa shape index (κ2) is 6.64. The molecule has 0 fully saturated rings. The molecule has 0 aliphatic carbocycles. The van der Waals surface area contributed by atoms with Crippen LogP contribution in [0.1, 0.15) is 29.8 Å². The number of hydrogen-bond acceptors (Lipinski definition) is 6. The zero-order chi connectivity index (χ0) is 18.0. The number of carbonyl (C=O) groups is 2. The van der Waals surface area contributed by atoms with Crippen molar-refractivity contribution in [2.75, 3.05) is 0 Å². The molecule has 0 saturated carbocycles. The minimum atomic E-state index is -0.457. The van der Waals surface area contributed by atoms with Gasteiger partial charge in [-0.3, -0.25) is 14.4 Å². The van der Waals surface area contributed by atoms with E-state index in [0.29, 0.717) is 27.8 Å². The van der Waals surface area contributed by atoms with Crippen LogP contribution < -0.4 is 10.3 Å². The van der Waals surface area contributed by atoms with Crippen LogP contribution in [0.25, 0.3) is 10.9 Å². The summed E-state index contributed by atoms with van der Waals surface area (Å²) in [5.74, 6) is -0.238. The highest BCUT2D eigenvalue weighted by atomic mass is 16.5. The standard InChI is InChI=1S/C18H15N3O4/c1-11(22)15-6-4-3-5-13(15)10-21-18(24)16-8-7-14(25-12(2)23)9-17(16)19-20-21/h3-9H,10H2,1-2H3. The molecule has 0 bridgehead atoms. The van der Waals surface area contributed by atoms with Crippen molar-refractivity contribution in [2.24, 2.45) is 0 Å². The Morgan fingerprint density at radius 1 is 1.12 bits per heavy atom. The number of esters is 1. The van der Waals surface area contributed by atoms with E-state index in [1.807, 2.05) is 0 Å². The number of carbonyl (C=O) groups excluding carboxylic acids is 2. The monoisotopic (exact) mass is 337 g/mol. The van der Waals surface area contributed by atoms with Gasteiger partial charge in [0, 0.05) is 18.6 Å². The second-order valence-corrected chi connectivity index (χ2v) is 5.54. The van der Waals surface area contributed by atoms with Crippen molar-refractivity contribution in [3.63, 3.8) is 0 Å². The lowest BCUT2D eigenvalue weighted by Crippen LogP contribution is -2.25. The number of ketones is 1. The molecule has 0 atom stereocenters. The van der Waals surface area contributed by atoms with Crippen LogP contribution in [0.4, 0.5) is 0 Å². The van der Waals surface area contributed by atoms with Gasteiger partial charge in [-0.15, -0.1) is 5.10 Å². The minimum Gasteiger partial charge on any atom is -0.427 e. The van der Waals surface area contributed by atoms with E-state index in [2.05, 4.69) is 10.3 Å². The quantitative estimate of drug-likeness (QED) is 0.411. The van der Waals surface area contributed by atoms with Gasteiger partial charge in [-0.2, -0.15) is 0 Å². The zero-order valence-electron chi connectivity index (χ0n) is 13.7. The van der Waals surface area contributed by atoms with Gasteiger partial charge in [-0.25, -0.2) is 4.68 Å². The fraction of sp³-hybridized carbons (Fsp3) is 0.167. The summed E-state index contributed by atoms with van der Waals surface area (Å²) in [7, 11) is 0. The van der Waals surface area contributed by atoms with Gasteiger partial charge in [0.05, 0.1) is 11.9 Å². The third-order valence-electron chi connectivity index (χ3n) is 3.67. The van der Waals surface area contributed by atoms with E-state index in [4.69, 9.17) is 4.74 Å². The molecule has 0 amide bonds. The first-order chi connectivity index (χ1) is 12.0. The molecule has 126 valence electrons. The molecular weight excluding hydrogens is 322 g/mol. The van der Waals surface area contributed by atoms with Gasteiger partial charge in [-0.1, -0.05) is 29.5 Å². The van der Waals surface area contributed by atoms with Crippen LogP contribution in [0.15, 0.2) is 47.3 Å². The first-order valence-corrected chi connectivity index (χ1v) is 7.60. The SMILES string of the molecule is CC(=O)Oc1ccc2c(=O)n(Cc3ccccc3C(C)=O)nnc2c1. The van der Waals surface area contributed by atoms with E-state index >= 15 is 0 Å². The molecule has 25 heavy (non-hydrogen) atoms. The lowest BCUT2D eigenvalue weighted by atomic mass is 10.0. The normalized spacial score (nSPS) is 10.6. The highest BCUT2D eigenvalue weighted by Crippen LogP contribution is 2.17. The van der Waals surface area contributed by atoms with Crippen molar-refractivity contribution in [1.29, 1.82) is 0 Å². The molecule has 0 aliphatic rings. The molecule has 0 N–H and O–H groups in total. The first kappa shape index (κ1) is 16.5. The molecule has 0 spiro atoms. The lowest BCUT2D eigenvalue weighted by Gasteiger charge is -2.09. The average molecular weight is 337 g/mol. The van der Waals surface area contributed by atoms with Gasteiger partial charge in [0.1, 0.15) is 11.3 Å². The Bertz CT molecular complexity index is 1040. The van der Waals surface area contributed by atoms with Crippen LogP contribution >= 0.6 is 0 Å². The van der Waals surface area contributed by atoms with Crippen molar-refractivity contribution in [3.8, 4) is 5.75 Å². The molecule has 3 rings (SSSR count). The van der Waals surface area contributed by atoms with Gasteiger partial charge in [0.15, 0.2) is 5.78 Å². The largest absolute Gasteiger partial charge is 0.427 e. The maximum Gasteiger partial charge on any atom is 0.308 e. The summed E-state index contributed by atoms with van der Waals surface area (Å²) >= 11 is 0. The Kier molecular flexibility index (Phi) is 4.38. The molecule has 7 nitrogen and oxygen atoms in total. The Morgan fingerprint density at radius 3 is 2.60 bits per heavy atom. The third kappa shape index (κ3) is 3.45. The van der Waals surface area contributed by atoms with Crippen LogP contribution in [0.3, 0.4) is 0 Å². The van der Waals surface area contributed by atoms with Crippen molar-refractivity contribution in [3.05, 3.63) is 63.9 Å². The predicted octanol–water partition coefficient (Wildman–Crippen LogP) is 1.97. The summed E-state index contributed by atoms with van der Waals surface area (Å²) in [5.41, 5.74) is 1.24. The van der Waals surface area contributed by atoms with Crippen molar-refractivity contribution in [1.82, 2.24) is 15.0 Å². The highest BCUT2D eigenvalue weighted by molar-refractivity contribution is 5.95. The van der Waals surface area contributed by atoms with Crippen molar-refractivity contribution in [2.45, 2.75) is 20.4 Å². The highest BCUT2D eigenvalue weighted by Gasteiger charge is 2.11. The van der Waals surface area contributed by atoms with Crippen molar-refractivity contribution < 1.29 is 14.3 Å². The number of Topliss-reactive ketones (excluding diaryl/α,β-unsaturated/α-hetero) is 1. The van der Waals surface area contributed by atoms with Gasteiger partial charge in [-0.05, 0) is 24.6 Å². The number of rotatable bonds is 4. The zero-order valence-corrected chi connectivity index (χ0v) is 13.7. The molecule has 1 aromatic heterocycles. The molecule has 2 aromatic carbocycles. The Labute approximate surface area is 142 Å². The maximum absolute atomic E-state index is 12.6. The number of benzene rings is 2. The number of ether oxygens (including phenoxy) is 1. The summed E-state index contributed by atoms with van der Waals surface area (Å²) in [4.78, 5) is 35.3. The maximum atomic E-state index is 12.6. The number of nitrogens with zero attached hydrogens (tertiary/aromatic N) is 3. The lowest BCUT2D eigenvalue weighted by molar-refractivity contribution is -0.131. The molecule has 1 heterocycles. The minimum absolute atomic E-state index is 0.0802. The number of fused-ring (bicyclic) bond motifs is 1. The molecule has 0 aliphatic heterocycles. The molecule has 3 aromatic rings. The Morgan fingerprint density at radius 2 is 1.88 bits per heavy atom. The van der Waals surface area contributed by atoms with E-state index in [1.54, 1.807) is 24.3 Å². The van der Waals surface area contributed by atoms with Crippen LogP contribution in [0, 0.1) is 0 Å².